The molecule has 0 radical (unpaired) electrons. The lowest BCUT2D eigenvalue weighted by Crippen LogP contribution is -2.48. The number of hydrogen-bond donors (Lipinski definition) is 1. The van der Waals surface area contributed by atoms with E-state index < -0.39 is 0 Å². The molecule has 2 aromatic rings. The van der Waals surface area contributed by atoms with Crippen LogP contribution in [-0.4, -0.2) is 47.9 Å². The number of pyridine rings is 1. The summed E-state index contributed by atoms with van der Waals surface area (Å²) in [6.45, 7) is 4.37. The molecule has 2 heterocycles. The maximum Gasteiger partial charge on any atom is 0.257 e. The Kier molecular flexibility index (Phi) is 5.64. The summed E-state index contributed by atoms with van der Waals surface area (Å²) in [7, 11) is 0. The minimum absolute atomic E-state index is 0.0884. The van der Waals surface area contributed by atoms with Gasteiger partial charge < -0.3 is 15.1 Å². The van der Waals surface area contributed by atoms with Gasteiger partial charge >= 0.3 is 0 Å². The topological polar surface area (TPSA) is 65.5 Å². The SMILES string of the molecule is CC(=O)N1CCN(c2ccc(C(=O)Nc3ccc(Cl)cc3Cl)cn2)CC1. The molecule has 1 aliphatic rings. The second-order valence-corrected chi connectivity index (χ2v) is 6.82. The Labute approximate surface area is 161 Å². The van der Waals surface area contributed by atoms with Crippen LogP contribution in [0.15, 0.2) is 36.5 Å². The van der Waals surface area contributed by atoms with Gasteiger partial charge in [0.15, 0.2) is 0 Å². The molecule has 0 bridgehead atoms. The molecule has 1 saturated heterocycles. The number of rotatable bonds is 3. The zero-order valence-electron chi connectivity index (χ0n) is 14.2. The van der Waals surface area contributed by atoms with Crippen LogP contribution in [0.5, 0.6) is 0 Å². The van der Waals surface area contributed by atoms with Crippen LogP contribution in [0.25, 0.3) is 0 Å². The molecule has 0 aliphatic carbocycles. The van der Waals surface area contributed by atoms with Crippen LogP contribution in [-0.2, 0) is 4.79 Å². The van der Waals surface area contributed by atoms with Gasteiger partial charge in [0.1, 0.15) is 5.82 Å². The average Bonchev–Trinajstić information content (AvgIpc) is 2.64. The van der Waals surface area contributed by atoms with Crippen molar-refractivity contribution in [3.63, 3.8) is 0 Å². The maximum atomic E-state index is 12.4. The molecule has 1 N–H and O–H groups in total. The highest BCUT2D eigenvalue weighted by Gasteiger charge is 2.19. The first kappa shape index (κ1) is 18.5. The number of benzene rings is 1. The van der Waals surface area contributed by atoms with E-state index in [1.807, 2.05) is 11.0 Å². The van der Waals surface area contributed by atoms with Crippen LogP contribution in [0.4, 0.5) is 11.5 Å². The number of carbonyl (C=O) groups excluding carboxylic acids is 2. The molecule has 0 spiro atoms. The number of piperazine rings is 1. The number of anilines is 2. The number of nitrogens with one attached hydrogen (secondary N) is 1. The first-order valence-corrected chi connectivity index (χ1v) is 8.92. The van der Waals surface area contributed by atoms with Crippen molar-refractivity contribution in [2.24, 2.45) is 0 Å². The van der Waals surface area contributed by atoms with E-state index in [4.69, 9.17) is 23.2 Å². The van der Waals surface area contributed by atoms with Gasteiger partial charge in [-0.15, -0.1) is 0 Å². The van der Waals surface area contributed by atoms with Crippen molar-refractivity contribution in [3.8, 4) is 0 Å². The third-order valence-corrected chi connectivity index (χ3v) is 4.79. The molecule has 0 atom stereocenters. The predicted octanol–water partition coefficient (Wildman–Crippen LogP) is 3.31. The van der Waals surface area contributed by atoms with Crippen LogP contribution in [0.3, 0.4) is 0 Å². The highest BCUT2D eigenvalue weighted by Crippen LogP contribution is 2.26. The number of aromatic nitrogens is 1. The lowest BCUT2D eigenvalue weighted by molar-refractivity contribution is -0.129. The lowest BCUT2D eigenvalue weighted by Gasteiger charge is -2.34. The molecule has 6 nitrogen and oxygen atoms in total. The number of halogens is 2. The second-order valence-electron chi connectivity index (χ2n) is 5.98. The summed E-state index contributed by atoms with van der Waals surface area (Å²) < 4.78 is 0. The van der Waals surface area contributed by atoms with E-state index >= 15 is 0 Å². The minimum atomic E-state index is -0.297. The standard InChI is InChI=1S/C18H18Cl2N4O2/c1-12(25)23-6-8-24(9-7-23)17-5-2-13(11-21-17)18(26)22-16-4-3-14(19)10-15(16)20/h2-5,10-11H,6-9H2,1H3,(H,22,26). The Morgan fingerprint density at radius 1 is 1.08 bits per heavy atom. The Hall–Kier alpha value is -2.31. The molecule has 0 unspecified atom stereocenters. The Balaban J connectivity index is 1.64. The van der Waals surface area contributed by atoms with Crippen molar-refractivity contribution < 1.29 is 9.59 Å². The van der Waals surface area contributed by atoms with Crippen molar-refractivity contribution in [1.82, 2.24) is 9.88 Å². The van der Waals surface area contributed by atoms with E-state index in [1.165, 1.54) is 6.20 Å². The summed E-state index contributed by atoms with van der Waals surface area (Å²) in [6.07, 6.45) is 1.53. The monoisotopic (exact) mass is 392 g/mol. The van der Waals surface area contributed by atoms with Crippen LogP contribution in [0, 0.1) is 0 Å². The van der Waals surface area contributed by atoms with Gasteiger partial charge in [-0.3, -0.25) is 9.59 Å². The molecule has 1 aliphatic heterocycles. The van der Waals surface area contributed by atoms with E-state index in [9.17, 15) is 9.59 Å². The summed E-state index contributed by atoms with van der Waals surface area (Å²) in [4.78, 5) is 32.0. The molecule has 26 heavy (non-hydrogen) atoms. The lowest BCUT2D eigenvalue weighted by atomic mass is 10.2. The van der Waals surface area contributed by atoms with Crippen molar-refractivity contribution in [3.05, 3.63) is 52.1 Å². The largest absolute Gasteiger partial charge is 0.353 e. The van der Waals surface area contributed by atoms with Gasteiger partial charge in [-0.05, 0) is 30.3 Å². The average molecular weight is 393 g/mol. The van der Waals surface area contributed by atoms with Crippen LogP contribution in [0.2, 0.25) is 10.0 Å². The summed E-state index contributed by atoms with van der Waals surface area (Å²) in [5, 5.41) is 3.62. The van der Waals surface area contributed by atoms with Crippen LogP contribution in [0.1, 0.15) is 17.3 Å². The van der Waals surface area contributed by atoms with Crippen molar-refractivity contribution in [2.45, 2.75) is 6.92 Å². The molecule has 1 aromatic heterocycles. The van der Waals surface area contributed by atoms with Crippen LogP contribution >= 0.6 is 23.2 Å². The van der Waals surface area contributed by atoms with Crippen molar-refractivity contribution in [2.75, 3.05) is 36.4 Å². The molecule has 136 valence electrons. The van der Waals surface area contributed by atoms with E-state index in [1.54, 1.807) is 31.2 Å². The fourth-order valence-electron chi connectivity index (χ4n) is 2.74. The highest BCUT2D eigenvalue weighted by atomic mass is 35.5. The third-order valence-electron chi connectivity index (χ3n) is 4.24. The first-order valence-electron chi connectivity index (χ1n) is 8.17. The zero-order valence-corrected chi connectivity index (χ0v) is 15.7. The van der Waals surface area contributed by atoms with Crippen LogP contribution < -0.4 is 10.2 Å². The van der Waals surface area contributed by atoms with E-state index in [-0.39, 0.29) is 11.8 Å². The quantitative estimate of drug-likeness (QED) is 0.869. The molecule has 3 rings (SSSR count). The number of amides is 2. The highest BCUT2D eigenvalue weighted by molar-refractivity contribution is 6.36. The van der Waals surface area contributed by atoms with E-state index in [2.05, 4.69) is 15.2 Å². The zero-order chi connectivity index (χ0) is 18.7. The minimum Gasteiger partial charge on any atom is -0.353 e. The summed E-state index contributed by atoms with van der Waals surface area (Å²) >= 11 is 11.9. The Morgan fingerprint density at radius 3 is 2.38 bits per heavy atom. The van der Waals surface area contributed by atoms with Crippen molar-refractivity contribution in [1.29, 1.82) is 0 Å². The number of hydrogen-bond acceptors (Lipinski definition) is 4. The summed E-state index contributed by atoms with van der Waals surface area (Å²) in [6, 6.07) is 8.41. The van der Waals surface area contributed by atoms with Gasteiger partial charge in [0, 0.05) is 44.3 Å². The normalized spacial score (nSPS) is 14.3. The maximum absolute atomic E-state index is 12.4. The third kappa shape index (κ3) is 4.26. The van der Waals surface area contributed by atoms with Gasteiger partial charge in [0.05, 0.1) is 16.3 Å². The summed E-state index contributed by atoms with van der Waals surface area (Å²) in [5.74, 6) is 0.578. The Bertz CT molecular complexity index is 818. The molecule has 1 fully saturated rings. The number of carbonyl (C=O) groups is 2. The van der Waals surface area contributed by atoms with Gasteiger partial charge in [0.2, 0.25) is 5.91 Å². The van der Waals surface area contributed by atoms with Gasteiger partial charge in [-0.2, -0.15) is 0 Å². The smallest absolute Gasteiger partial charge is 0.257 e. The molecule has 1 aromatic carbocycles. The molecular weight excluding hydrogens is 375 g/mol. The molecule has 0 saturated carbocycles. The van der Waals surface area contributed by atoms with Gasteiger partial charge in [-0.1, -0.05) is 23.2 Å². The summed E-state index contributed by atoms with van der Waals surface area (Å²) in [5.41, 5.74) is 0.924. The first-order chi connectivity index (χ1) is 12.4. The second kappa shape index (κ2) is 7.93. The van der Waals surface area contributed by atoms with E-state index in [0.29, 0.717) is 34.4 Å². The van der Waals surface area contributed by atoms with Crippen molar-refractivity contribution >= 4 is 46.5 Å². The van der Waals surface area contributed by atoms with Gasteiger partial charge in [-0.25, -0.2) is 4.98 Å². The number of nitrogens with zero attached hydrogens (tertiary/aromatic N) is 3. The fourth-order valence-corrected chi connectivity index (χ4v) is 3.20. The molecule has 2 amide bonds. The fraction of sp³-hybridized carbons (Fsp3) is 0.278. The van der Waals surface area contributed by atoms with Gasteiger partial charge in [0.25, 0.3) is 5.91 Å². The Morgan fingerprint density at radius 2 is 1.81 bits per heavy atom. The molecule has 8 heteroatoms. The predicted molar refractivity (Wildman–Crippen MR) is 103 cm³/mol. The molecular formula is C18H18Cl2N4O2. The van der Waals surface area contributed by atoms with E-state index in [0.717, 1.165) is 18.9 Å².